The van der Waals surface area contributed by atoms with Crippen molar-refractivity contribution in [2.75, 3.05) is 11.9 Å². The molecule has 0 bridgehead atoms. The highest BCUT2D eigenvalue weighted by atomic mass is 16.2. The Morgan fingerprint density at radius 2 is 1.78 bits per heavy atom. The molecule has 7 heteroatoms. The zero-order valence-electron chi connectivity index (χ0n) is 15.4. The Morgan fingerprint density at radius 1 is 1.04 bits per heavy atom. The van der Waals surface area contributed by atoms with E-state index in [4.69, 9.17) is 0 Å². The van der Waals surface area contributed by atoms with Crippen LogP contribution in [-0.2, 0) is 18.4 Å². The first-order valence-electron chi connectivity index (χ1n) is 8.83. The van der Waals surface area contributed by atoms with Crippen LogP contribution in [0.4, 0.5) is 5.69 Å². The number of imidazole rings is 1. The molecule has 27 heavy (non-hydrogen) atoms. The van der Waals surface area contributed by atoms with Crippen molar-refractivity contribution in [3.8, 4) is 0 Å². The van der Waals surface area contributed by atoms with E-state index in [1.807, 2.05) is 31.2 Å². The predicted octanol–water partition coefficient (Wildman–Crippen LogP) is 2.12. The molecule has 1 heterocycles. The SMILES string of the molecule is CCNC(=O)c1cccc(NC(=O)CCn2c(=O)n(C)c3ccccc32)c1. The lowest BCUT2D eigenvalue weighted by Gasteiger charge is -2.08. The second-order valence-electron chi connectivity index (χ2n) is 6.22. The number of nitrogens with one attached hydrogen (secondary N) is 2. The van der Waals surface area contributed by atoms with Crippen LogP contribution < -0.4 is 16.3 Å². The third-order valence-corrected chi connectivity index (χ3v) is 4.36. The summed E-state index contributed by atoms with van der Waals surface area (Å²) in [6, 6.07) is 14.2. The van der Waals surface area contributed by atoms with Crippen LogP contribution in [-0.4, -0.2) is 27.5 Å². The van der Waals surface area contributed by atoms with Crippen LogP contribution in [0.1, 0.15) is 23.7 Å². The molecule has 0 fully saturated rings. The summed E-state index contributed by atoms with van der Waals surface area (Å²) in [4.78, 5) is 36.6. The molecule has 2 amide bonds. The molecule has 0 aliphatic carbocycles. The topological polar surface area (TPSA) is 85.1 Å². The lowest BCUT2D eigenvalue weighted by Crippen LogP contribution is -2.25. The molecule has 0 spiro atoms. The van der Waals surface area contributed by atoms with E-state index in [1.54, 1.807) is 40.4 Å². The number of anilines is 1. The Morgan fingerprint density at radius 3 is 2.52 bits per heavy atom. The summed E-state index contributed by atoms with van der Waals surface area (Å²) in [5.74, 6) is -0.404. The number of hydrogen-bond donors (Lipinski definition) is 2. The number of hydrogen-bond acceptors (Lipinski definition) is 3. The van der Waals surface area contributed by atoms with Crippen molar-refractivity contribution < 1.29 is 9.59 Å². The average molecular weight is 366 g/mol. The van der Waals surface area contributed by atoms with Gasteiger partial charge in [0.15, 0.2) is 0 Å². The molecule has 140 valence electrons. The van der Waals surface area contributed by atoms with Gasteiger partial charge >= 0.3 is 5.69 Å². The fourth-order valence-electron chi connectivity index (χ4n) is 3.02. The number of nitrogens with zero attached hydrogens (tertiary/aromatic N) is 2. The van der Waals surface area contributed by atoms with Gasteiger partial charge in [-0.05, 0) is 37.3 Å². The van der Waals surface area contributed by atoms with Crippen LogP contribution in [0.25, 0.3) is 11.0 Å². The summed E-state index contributed by atoms with van der Waals surface area (Å²) in [5.41, 5.74) is 2.52. The van der Waals surface area contributed by atoms with Crippen molar-refractivity contribution in [3.63, 3.8) is 0 Å². The molecular weight excluding hydrogens is 344 g/mol. The normalized spacial score (nSPS) is 10.7. The van der Waals surface area contributed by atoms with E-state index in [9.17, 15) is 14.4 Å². The van der Waals surface area contributed by atoms with Crippen LogP contribution in [0.5, 0.6) is 0 Å². The number of carbonyl (C=O) groups excluding carboxylic acids is 2. The monoisotopic (exact) mass is 366 g/mol. The highest BCUT2D eigenvalue weighted by Crippen LogP contribution is 2.13. The molecular formula is C20H22N4O3. The van der Waals surface area contributed by atoms with Gasteiger partial charge in [-0.15, -0.1) is 0 Å². The van der Waals surface area contributed by atoms with Gasteiger partial charge in [0.05, 0.1) is 11.0 Å². The third kappa shape index (κ3) is 3.92. The Bertz CT molecular complexity index is 1050. The summed E-state index contributed by atoms with van der Waals surface area (Å²) < 4.78 is 3.17. The lowest BCUT2D eigenvalue weighted by atomic mass is 10.2. The van der Waals surface area contributed by atoms with Crippen molar-refractivity contribution in [1.82, 2.24) is 14.5 Å². The van der Waals surface area contributed by atoms with Crippen molar-refractivity contribution in [3.05, 3.63) is 64.6 Å². The number of para-hydroxylation sites is 2. The maximum absolute atomic E-state index is 12.4. The van der Waals surface area contributed by atoms with Crippen molar-refractivity contribution in [2.45, 2.75) is 19.9 Å². The average Bonchev–Trinajstić information content (AvgIpc) is 2.91. The van der Waals surface area contributed by atoms with E-state index in [2.05, 4.69) is 10.6 Å². The number of rotatable bonds is 6. The number of amides is 2. The van der Waals surface area contributed by atoms with Gasteiger partial charge in [-0.2, -0.15) is 0 Å². The highest BCUT2D eigenvalue weighted by Gasteiger charge is 2.12. The molecule has 0 aliphatic rings. The fourth-order valence-corrected chi connectivity index (χ4v) is 3.02. The lowest BCUT2D eigenvalue weighted by molar-refractivity contribution is -0.116. The van der Waals surface area contributed by atoms with E-state index in [0.29, 0.717) is 17.8 Å². The Hall–Kier alpha value is -3.35. The van der Waals surface area contributed by atoms with Gasteiger partial charge in [-0.3, -0.25) is 18.7 Å². The highest BCUT2D eigenvalue weighted by molar-refractivity contribution is 5.97. The Balaban J connectivity index is 1.69. The summed E-state index contributed by atoms with van der Waals surface area (Å²) in [6.07, 6.45) is 0.152. The maximum atomic E-state index is 12.4. The minimum Gasteiger partial charge on any atom is -0.352 e. The molecule has 0 aliphatic heterocycles. The van der Waals surface area contributed by atoms with Gasteiger partial charge in [0.2, 0.25) is 5.91 Å². The molecule has 3 aromatic rings. The molecule has 7 nitrogen and oxygen atoms in total. The molecule has 0 saturated carbocycles. The molecule has 0 atom stereocenters. The largest absolute Gasteiger partial charge is 0.352 e. The minimum absolute atomic E-state index is 0.151. The van der Waals surface area contributed by atoms with Crippen LogP contribution in [0, 0.1) is 0 Å². The summed E-state index contributed by atoms with van der Waals surface area (Å²) in [7, 11) is 1.72. The van der Waals surface area contributed by atoms with E-state index in [1.165, 1.54) is 0 Å². The van der Waals surface area contributed by atoms with Crippen molar-refractivity contribution >= 4 is 28.5 Å². The fraction of sp³-hybridized carbons (Fsp3) is 0.250. The van der Waals surface area contributed by atoms with E-state index in [0.717, 1.165) is 11.0 Å². The van der Waals surface area contributed by atoms with E-state index in [-0.39, 0.29) is 30.5 Å². The standard InChI is InChI=1S/C20H22N4O3/c1-3-21-19(26)14-7-6-8-15(13-14)22-18(25)11-12-24-17-10-5-4-9-16(17)23(2)20(24)27/h4-10,13H,3,11-12H2,1-2H3,(H,21,26)(H,22,25). The van der Waals surface area contributed by atoms with Gasteiger partial charge < -0.3 is 10.6 Å². The van der Waals surface area contributed by atoms with Gasteiger partial charge in [0, 0.05) is 37.8 Å². The molecule has 2 aromatic carbocycles. The van der Waals surface area contributed by atoms with E-state index >= 15 is 0 Å². The second kappa shape index (κ2) is 7.90. The molecule has 0 radical (unpaired) electrons. The number of fused-ring (bicyclic) bond motifs is 1. The van der Waals surface area contributed by atoms with Crippen LogP contribution >= 0.6 is 0 Å². The number of aromatic nitrogens is 2. The second-order valence-corrected chi connectivity index (χ2v) is 6.22. The van der Waals surface area contributed by atoms with Gasteiger partial charge in [-0.25, -0.2) is 4.79 Å². The molecule has 0 unspecified atom stereocenters. The molecule has 1 aromatic heterocycles. The van der Waals surface area contributed by atoms with Gasteiger partial charge in [0.25, 0.3) is 5.91 Å². The predicted molar refractivity (Wildman–Crippen MR) is 105 cm³/mol. The summed E-state index contributed by atoms with van der Waals surface area (Å²) in [6.45, 7) is 2.66. The minimum atomic E-state index is -0.220. The number of carbonyl (C=O) groups is 2. The summed E-state index contributed by atoms with van der Waals surface area (Å²) >= 11 is 0. The molecule has 3 rings (SSSR count). The smallest absolute Gasteiger partial charge is 0.328 e. The van der Waals surface area contributed by atoms with Gasteiger partial charge in [-0.1, -0.05) is 18.2 Å². The first-order valence-corrected chi connectivity index (χ1v) is 8.83. The third-order valence-electron chi connectivity index (χ3n) is 4.36. The Kier molecular flexibility index (Phi) is 5.40. The number of aryl methyl sites for hydroxylation is 2. The van der Waals surface area contributed by atoms with E-state index < -0.39 is 0 Å². The van der Waals surface area contributed by atoms with Crippen molar-refractivity contribution in [2.24, 2.45) is 7.05 Å². The molecule has 0 saturated heterocycles. The van der Waals surface area contributed by atoms with Gasteiger partial charge in [0.1, 0.15) is 0 Å². The van der Waals surface area contributed by atoms with Crippen LogP contribution in [0.15, 0.2) is 53.3 Å². The quantitative estimate of drug-likeness (QED) is 0.701. The van der Waals surface area contributed by atoms with Crippen LogP contribution in [0.3, 0.4) is 0 Å². The zero-order valence-corrected chi connectivity index (χ0v) is 15.4. The first kappa shape index (κ1) is 18.4. The maximum Gasteiger partial charge on any atom is 0.328 e. The first-order chi connectivity index (χ1) is 13.0. The molecule has 2 N–H and O–H groups in total. The number of benzene rings is 2. The van der Waals surface area contributed by atoms with Crippen LogP contribution in [0.2, 0.25) is 0 Å². The Labute approximate surface area is 156 Å². The van der Waals surface area contributed by atoms with Crippen molar-refractivity contribution in [1.29, 1.82) is 0 Å². The zero-order chi connectivity index (χ0) is 19.4. The summed E-state index contributed by atoms with van der Waals surface area (Å²) in [5, 5.41) is 5.51.